The highest BCUT2D eigenvalue weighted by molar-refractivity contribution is 4.84. The predicted octanol–water partition coefficient (Wildman–Crippen LogP) is 2.37. The second-order valence-electron chi connectivity index (χ2n) is 3.88. The van der Waals surface area contributed by atoms with Gasteiger partial charge in [-0.25, -0.2) is 0 Å². The number of azide groups is 1. The van der Waals surface area contributed by atoms with Gasteiger partial charge < -0.3 is 9.47 Å². The van der Waals surface area contributed by atoms with E-state index in [9.17, 15) is 0 Å². The minimum absolute atomic E-state index is 0.221. The number of rotatable bonds is 3. The summed E-state index contributed by atoms with van der Waals surface area (Å²) >= 11 is 0. The molecule has 5 heteroatoms. The molecule has 2 heterocycles. The van der Waals surface area contributed by atoms with Gasteiger partial charge in [0.2, 0.25) is 0 Å². The Bertz CT molecular complexity index is 244. The maximum Gasteiger partial charge on any atom is 0.168 e. The van der Waals surface area contributed by atoms with Crippen molar-refractivity contribution >= 4 is 0 Å². The van der Waals surface area contributed by atoms with Crippen molar-refractivity contribution in [1.29, 1.82) is 0 Å². The molecule has 2 aliphatic rings. The van der Waals surface area contributed by atoms with Crippen LogP contribution in [0.1, 0.15) is 32.1 Å². The summed E-state index contributed by atoms with van der Waals surface area (Å²) in [6, 6.07) is 0. The van der Waals surface area contributed by atoms with E-state index >= 15 is 0 Å². The molecule has 0 aromatic rings. The highest BCUT2D eigenvalue weighted by atomic mass is 16.7. The molecule has 2 atom stereocenters. The van der Waals surface area contributed by atoms with Gasteiger partial charge in [0.15, 0.2) is 5.79 Å². The third-order valence-corrected chi connectivity index (χ3v) is 2.91. The average Bonchev–Trinajstić information content (AvgIpc) is 2.79. The first-order valence-corrected chi connectivity index (χ1v) is 5.17. The van der Waals surface area contributed by atoms with E-state index in [0.717, 1.165) is 38.7 Å². The molecule has 0 bridgehead atoms. The molecule has 2 rings (SSSR count). The van der Waals surface area contributed by atoms with Crippen molar-refractivity contribution in [2.75, 3.05) is 13.2 Å². The van der Waals surface area contributed by atoms with Gasteiger partial charge >= 0.3 is 0 Å². The highest BCUT2D eigenvalue weighted by Gasteiger charge is 2.43. The van der Waals surface area contributed by atoms with E-state index in [0.29, 0.717) is 6.54 Å². The van der Waals surface area contributed by atoms with Crippen LogP contribution in [0.5, 0.6) is 0 Å². The Morgan fingerprint density at radius 2 is 2.43 bits per heavy atom. The SMILES string of the molecule is [N-]=[N+]=NCC[C@H]1CC[C@]2(CCCO2)O1. The first kappa shape index (κ1) is 9.77. The van der Waals surface area contributed by atoms with Crippen molar-refractivity contribution in [3.63, 3.8) is 0 Å². The molecule has 5 nitrogen and oxygen atoms in total. The zero-order valence-electron chi connectivity index (χ0n) is 8.19. The molecule has 0 N–H and O–H groups in total. The number of hydrogen-bond acceptors (Lipinski definition) is 3. The van der Waals surface area contributed by atoms with E-state index in [-0.39, 0.29) is 11.9 Å². The summed E-state index contributed by atoms with van der Waals surface area (Å²) in [5.74, 6) is -0.277. The summed E-state index contributed by atoms with van der Waals surface area (Å²) in [7, 11) is 0. The zero-order chi connectivity index (χ0) is 9.86. The van der Waals surface area contributed by atoms with E-state index in [1.54, 1.807) is 0 Å². The summed E-state index contributed by atoms with van der Waals surface area (Å²) in [5.41, 5.74) is 8.14. The molecule has 78 valence electrons. The molecule has 0 saturated carbocycles. The lowest BCUT2D eigenvalue weighted by molar-refractivity contribution is -0.199. The van der Waals surface area contributed by atoms with Crippen LogP contribution >= 0.6 is 0 Å². The normalized spacial score (nSPS) is 36.1. The smallest absolute Gasteiger partial charge is 0.168 e. The summed E-state index contributed by atoms with van der Waals surface area (Å²) in [5, 5.41) is 3.51. The fourth-order valence-corrected chi connectivity index (χ4v) is 2.21. The van der Waals surface area contributed by atoms with Gasteiger partial charge in [0, 0.05) is 24.3 Å². The van der Waals surface area contributed by atoms with E-state index < -0.39 is 0 Å². The Kier molecular flexibility index (Phi) is 2.91. The van der Waals surface area contributed by atoms with E-state index in [1.807, 2.05) is 0 Å². The molecule has 14 heavy (non-hydrogen) atoms. The van der Waals surface area contributed by atoms with Gasteiger partial charge in [0.25, 0.3) is 0 Å². The van der Waals surface area contributed by atoms with E-state index in [4.69, 9.17) is 15.0 Å². The second kappa shape index (κ2) is 4.17. The Morgan fingerprint density at radius 3 is 3.14 bits per heavy atom. The van der Waals surface area contributed by atoms with E-state index in [2.05, 4.69) is 10.0 Å². The van der Waals surface area contributed by atoms with Crippen LogP contribution in [0.3, 0.4) is 0 Å². The molecular weight excluding hydrogens is 182 g/mol. The number of ether oxygens (including phenoxy) is 2. The standard InChI is InChI=1S/C9H15N3O2/c10-12-11-6-3-8-2-5-9(14-8)4-1-7-13-9/h8H,1-7H2/t8-,9+/m1/s1. The molecular formula is C9H15N3O2. The van der Waals surface area contributed by atoms with Gasteiger partial charge in [0.1, 0.15) is 0 Å². The molecule has 1 spiro atoms. The largest absolute Gasteiger partial charge is 0.350 e. The van der Waals surface area contributed by atoms with Gasteiger partial charge in [-0.1, -0.05) is 5.11 Å². The van der Waals surface area contributed by atoms with Crippen molar-refractivity contribution in [2.24, 2.45) is 5.11 Å². The van der Waals surface area contributed by atoms with Crippen LogP contribution in [0.25, 0.3) is 10.4 Å². The number of hydrogen-bond donors (Lipinski definition) is 0. The van der Waals surface area contributed by atoms with Crippen molar-refractivity contribution in [1.82, 2.24) is 0 Å². The summed E-state index contributed by atoms with van der Waals surface area (Å²) in [4.78, 5) is 2.72. The van der Waals surface area contributed by atoms with Crippen LogP contribution in [0.2, 0.25) is 0 Å². The maximum atomic E-state index is 8.14. The van der Waals surface area contributed by atoms with Gasteiger partial charge in [-0.3, -0.25) is 0 Å². The molecule has 0 amide bonds. The number of nitrogens with zero attached hydrogens (tertiary/aromatic N) is 3. The van der Waals surface area contributed by atoms with Crippen LogP contribution in [0.4, 0.5) is 0 Å². The van der Waals surface area contributed by atoms with Crippen LogP contribution in [0, 0.1) is 0 Å². The Hall–Kier alpha value is -0.770. The first-order valence-electron chi connectivity index (χ1n) is 5.17. The second-order valence-corrected chi connectivity index (χ2v) is 3.88. The summed E-state index contributed by atoms with van der Waals surface area (Å²) in [6.07, 6.45) is 5.18. The first-order chi connectivity index (χ1) is 6.85. The lowest BCUT2D eigenvalue weighted by atomic mass is 10.1. The molecule has 0 aromatic heterocycles. The van der Waals surface area contributed by atoms with Gasteiger partial charge in [0.05, 0.1) is 12.7 Å². The van der Waals surface area contributed by atoms with Crippen LogP contribution in [-0.4, -0.2) is 25.0 Å². The van der Waals surface area contributed by atoms with Crippen molar-refractivity contribution in [2.45, 2.75) is 44.0 Å². The van der Waals surface area contributed by atoms with Crippen molar-refractivity contribution in [3.8, 4) is 0 Å². The van der Waals surface area contributed by atoms with Gasteiger partial charge in [-0.2, -0.15) is 0 Å². The molecule has 0 aromatic carbocycles. The fraction of sp³-hybridized carbons (Fsp3) is 1.00. The zero-order valence-corrected chi connectivity index (χ0v) is 8.19. The minimum Gasteiger partial charge on any atom is -0.350 e. The monoisotopic (exact) mass is 197 g/mol. The lowest BCUT2D eigenvalue weighted by Crippen LogP contribution is -2.27. The van der Waals surface area contributed by atoms with Crippen molar-refractivity contribution < 1.29 is 9.47 Å². The Morgan fingerprint density at radius 1 is 1.50 bits per heavy atom. The minimum atomic E-state index is -0.277. The molecule has 0 aliphatic carbocycles. The van der Waals surface area contributed by atoms with Crippen LogP contribution in [-0.2, 0) is 9.47 Å². The third-order valence-electron chi connectivity index (χ3n) is 2.91. The Labute approximate surface area is 83.0 Å². The van der Waals surface area contributed by atoms with E-state index in [1.165, 1.54) is 0 Å². The predicted molar refractivity (Wildman–Crippen MR) is 50.7 cm³/mol. The molecule has 2 fully saturated rings. The molecule has 0 radical (unpaired) electrons. The van der Waals surface area contributed by atoms with Crippen LogP contribution in [0.15, 0.2) is 5.11 Å². The van der Waals surface area contributed by atoms with Gasteiger partial charge in [-0.05, 0) is 24.8 Å². The van der Waals surface area contributed by atoms with Crippen LogP contribution < -0.4 is 0 Å². The topological polar surface area (TPSA) is 67.2 Å². The maximum absolute atomic E-state index is 8.14. The Balaban J connectivity index is 1.79. The molecule has 2 saturated heterocycles. The summed E-state index contributed by atoms with van der Waals surface area (Å²) in [6.45, 7) is 1.35. The molecule has 0 unspecified atom stereocenters. The molecule has 2 aliphatic heterocycles. The summed E-state index contributed by atoms with van der Waals surface area (Å²) < 4.78 is 11.5. The third kappa shape index (κ3) is 2.00. The van der Waals surface area contributed by atoms with Crippen molar-refractivity contribution in [3.05, 3.63) is 10.4 Å². The quantitative estimate of drug-likeness (QED) is 0.396. The van der Waals surface area contributed by atoms with Gasteiger partial charge in [-0.15, -0.1) is 0 Å². The fourth-order valence-electron chi connectivity index (χ4n) is 2.21. The lowest BCUT2D eigenvalue weighted by Gasteiger charge is -2.22. The highest BCUT2D eigenvalue weighted by Crippen LogP contribution is 2.39. The average molecular weight is 197 g/mol.